The van der Waals surface area contributed by atoms with Crippen LogP contribution >= 0.6 is 0 Å². The zero-order chi connectivity index (χ0) is 17.8. The number of esters is 2. The van der Waals surface area contributed by atoms with Crippen molar-refractivity contribution >= 4 is 17.7 Å². The molecule has 0 radical (unpaired) electrons. The molecule has 1 heterocycles. The number of carbonyl (C=O) groups excluding carboxylic acids is 2. The number of carbonyl (C=O) groups is 2. The number of rotatable bonds is 5. The Morgan fingerprint density at radius 3 is 2.17 bits per heavy atom. The summed E-state index contributed by atoms with van der Waals surface area (Å²) >= 11 is 0. The molecule has 0 N–H and O–H groups in total. The zero-order valence-corrected chi connectivity index (χ0v) is 13.5. The van der Waals surface area contributed by atoms with E-state index in [4.69, 9.17) is 0 Å². The number of allylic oxidation sites excluding steroid dienone is 1. The third-order valence-corrected chi connectivity index (χ3v) is 3.72. The first-order valence-electron chi connectivity index (χ1n) is 7.27. The second-order valence-electron chi connectivity index (χ2n) is 5.10. The van der Waals surface area contributed by atoms with E-state index in [2.05, 4.69) is 14.5 Å². The van der Waals surface area contributed by atoms with Gasteiger partial charge in [0.25, 0.3) is 0 Å². The Bertz CT molecular complexity index is 537. The number of halogens is 3. The van der Waals surface area contributed by atoms with Crippen LogP contribution in [-0.4, -0.2) is 38.0 Å². The van der Waals surface area contributed by atoms with Gasteiger partial charge in [-0.15, -0.1) is 0 Å². The Balaban J connectivity index is 3.61. The van der Waals surface area contributed by atoms with E-state index < -0.39 is 35.7 Å². The molecule has 130 valence electrons. The van der Waals surface area contributed by atoms with E-state index in [0.29, 0.717) is 6.42 Å². The molecule has 1 aliphatic rings. The molecule has 0 aromatic heterocycles. The highest BCUT2D eigenvalue weighted by molar-refractivity contribution is 6.09. The van der Waals surface area contributed by atoms with E-state index in [0.717, 1.165) is 14.2 Å². The molecule has 8 heteroatoms. The molecule has 0 aromatic rings. The van der Waals surface area contributed by atoms with Crippen molar-refractivity contribution in [2.75, 3.05) is 14.2 Å². The Morgan fingerprint density at radius 2 is 1.78 bits per heavy atom. The first-order chi connectivity index (χ1) is 10.7. The van der Waals surface area contributed by atoms with Gasteiger partial charge in [-0.05, 0) is 12.8 Å². The third kappa shape index (κ3) is 3.92. The molecule has 0 saturated carbocycles. The minimum Gasteiger partial charge on any atom is -0.468 e. The fourth-order valence-corrected chi connectivity index (χ4v) is 2.76. The van der Waals surface area contributed by atoms with Gasteiger partial charge in [0.15, 0.2) is 0 Å². The Hall–Kier alpha value is -1.86. The highest BCUT2D eigenvalue weighted by Gasteiger charge is 2.51. The standard InChI is InChI=1S/C15H20F3NO4/c1-5-7-8-10(13(20)22-3)9(6-2)19-12(15(16,17)18)11(8)14(21)23-4/h8,11H,5-7H2,1-4H3. The highest BCUT2D eigenvalue weighted by atomic mass is 19.4. The summed E-state index contributed by atoms with van der Waals surface area (Å²) in [6.45, 7) is 3.35. The van der Waals surface area contributed by atoms with Gasteiger partial charge < -0.3 is 9.47 Å². The molecule has 1 rings (SSSR count). The fourth-order valence-electron chi connectivity index (χ4n) is 2.76. The lowest BCUT2D eigenvalue weighted by molar-refractivity contribution is -0.146. The number of nitrogens with zero attached hydrogens (tertiary/aromatic N) is 1. The zero-order valence-electron chi connectivity index (χ0n) is 13.5. The topological polar surface area (TPSA) is 65.0 Å². The molecule has 0 spiro atoms. The van der Waals surface area contributed by atoms with Crippen LogP contribution in [-0.2, 0) is 19.1 Å². The van der Waals surface area contributed by atoms with Crippen molar-refractivity contribution < 1.29 is 32.2 Å². The van der Waals surface area contributed by atoms with Crippen molar-refractivity contribution in [1.82, 2.24) is 0 Å². The molecular formula is C15H20F3NO4. The largest absolute Gasteiger partial charge is 0.468 e. The summed E-state index contributed by atoms with van der Waals surface area (Å²) in [5.41, 5.74) is -1.18. The van der Waals surface area contributed by atoms with Gasteiger partial charge in [-0.25, -0.2) is 4.79 Å². The first-order valence-corrected chi connectivity index (χ1v) is 7.27. The first kappa shape index (κ1) is 19.2. The molecule has 2 atom stereocenters. The van der Waals surface area contributed by atoms with Crippen LogP contribution in [0, 0.1) is 11.8 Å². The van der Waals surface area contributed by atoms with Crippen molar-refractivity contribution in [3.8, 4) is 0 Å². The van der Waals surface area contributed by atoms with Crippen LogP contribution in [0.15, 0.2) is 16.3 Å². The quantitative estimate of drug-likeness (QED) is 0.724. The number of alkyl halides is 3. The molecule has 0 bridgehead atoms. The van der Waals surface area contributed by atoms with Crippen LogP contribution in [0.4, 0.5) is 13.2 Å². The predicted molar refractivity (Wildman–Crippen MR) is 76.7 cm³/mol. The van der Waals surface area contributed by atoms with Crippen molar-refractivity contribution in [1.29, 1.82) is 0 Å². The average molecular weight is 335 g/mol. The molecule has 0 fully saturated rings. The summed E-state index contributed by atoms with van der Waals surface area (Å²) in [5, 5.41) is 0. The fraction of sp³-hybridized carbons (Fsp3) is 0.667. The number of hydrogen-bond acceptors (Lipinski definition) is 5. The van der Waals surface area contributed by atoms with E-state index in [1.165, 1.54) is 0 Å². The van der Waals surface area contributed by atoms with Crippen molar-refractivity contribution in [3.05, 3.63) is 11.3 Å². The highest BCUT2D eigenvalue weighted by Crippen LogP contribution is 2.40. The molecular weight excluding hydrogens is 315 g/mol. The summed E-state index contributed by atoms with van der Waals surface area (Å²) in [4.78, 5) is 27.6. The lowest BCUT2D eigenvalue weighted by Gasteiger charge is -2.32. The van der Waals surface area contributed by atoms with E-state index in [9.17, 15) is 22.8 Å². The average Bonchev–Trinajstić information content (AvgIpc) is 2.51. The number of hydrogen-bond donors (Lipinski definition) is 0. The van der Waals surface area contributed by atoms with Crippen molar-refractivity contribution in [3.63, 3.8) is 0 Å². The lowest BCUT2D eigenvalue weighted by atomic mass is 9.76. The van der Waals surface area contributed by atoms with Crippen molar-refractivity contribution in [2.45, 2.75) is 39.3 Å². The maximum Gasteiger partial charge on any atom is 0.430 e. The van der Waals surface area contributed by atoms with Gasteiger partial charge in [-0.3, -0.25) is 9.79 Å². The maximum absolute atomic E-state index is 13.3. The maximum atomic E-state index is 13.3. The lowest BCUT2D eigenvalue weighted by Crippen LogP contribution is -2.44. The Morgan fingerprint density at radius 1 is 1.17 bits per heavy atom. The van der Waals surface area contributed by atoms with E-state index in [1.807, 2.05) is 0 Å². The van der Waals surface area contributed by atoms with E-state index >= 15 is 0 Å². The van der Waals surface area contributed by atoms with Gasteiger partial charge in [-0.1, -0.05) is 20.3 Å². The van der Waals surface area contributed by atoms with Gasteiger partial charge in [-0.2, -0.15) is 13.2 Å². The van der Waals surface area contributed by atoms with Gasteiger partial charge in [0.1, 0.15) is 11.6 Å². The van der Waals surface area contributed by atoms with Gasteiger partial charge in [0.05, 0.1) is 25.5 Å². The summed E-state index contributed by atoms with van der Waals surface area (Å²) in [5.74, 6) is -4.46. The third-order valence-electron chi connectivity index (χ3n) is 3.72. The monoisotopic (exact) mass is 335 g/mol. The second-order valence-corrected chi connectivity index (χ2v) is 5.10. The molecule has 0 aromatic carbocycles. The summed E-state index contributed by atoms with van der Waals surface area (Å²) in [6.07, 6.45) is -3.96. The van der Waals surface area contributed by atoms with Crippen LogP contribution < -0.4 is 0 Å². The molecule has 0 aliphatic carbocycles. The summed E-state index contributed by atoms with van der Waals surface area (Å²) in [7, 11) is 2.15. The van der Waals surface area contributed by atoms with Crippen LogP contribution in [0.3, 0.4) is 0 Å². The van der Waals surface area contributed by atoms with E-state index in [-0.39, 0.29) is 24.1 Å². The molecule has 1 aliphatic heterocycles. The van der Waals surface area contributed by atoms with Crippen molar-refractivity contribution in [2.24, 2.45) is 16.8 Å². The minimum atomic E-state index is -4.78. The normalized spacial score (nSPS) is 21.8. The van der Waals surface area contributed by atoms with Gasteiger partial charge in [0.2, 0.25) is 0 Å². The molecule has 0 saturated heterocycles. The predicted octanol–water partition coefficient (Wildman–Crippen LogP) is 3.05. The Kier molecular flexibility index (Phi) is 6.35. The van der Waals surface area contributed by atoms with Gasteiger partial charge >= 0.3 is 18.1 Å². The SMILES string of the molecule is CCCC1C(C(=O)OC)=C(CC)N=C(C(F)(F)F)C1C(=O)OC. The van der Waals surface area contributed by atoms with Crippen LogP contribution in [0.25, 0.3) is 0 Å². The van der Waals surface area contributed by atoms with Gasteiger partial charge in [0, 0.05) is 5.92 Å². The molecule has 23 heavy (non-hydrogen) atoms. The second kappa shape index (κ2) is 7.61. The number of ether oxygens (including phenoxy) is 2. The number of methoxy groups -OCH3 is 2. The summed E-state index contributed by atoms with van der Waals surface area (Å²) in [6, 6.07) is 0. The van der Waals surface area contributed by atoms with Crippen LogP contribution in [0.5, 0.6) is 0 Å². The molecule has 5 nitrogen and oxygen atoms in total. The van der Waals surface area contributed by atoms with E-state index in [1.54, 1.807) is 13.8 Å². The number of aliphatic imine (C=N–C) groups is 1. The minimum absolute atomic E-state index is 0.00257. The smallest absolute Gasteiger partial charge is 0.430 e. The molecule has 0 amide bonds. The summed E-state index contributed by atoms with van der Waals surface area (Å²) < 4.78 is 49.2. The van der Waals surface area contributed by atoms with Crippen LogP contribution in [0.1, 0.15) is 33.1 Å². The molecule has 2 unspecified atom stereocenters. The Labute approximate surface area is 132 Å². The van der Waals surface area contributed by atoms with Crippen LogP contribution in [0.2, 0.25) is 0 Å².